The zero-order valence-electron chi connectivity index (χ0n) is 24.7. The van der Waals surface area contributed by atoms with Gasteiger partial charge in [-0.15, -0.1) is 0 Å². The van der Waals surface area contributed by atoms with E-state index in [9.17, 15) is 22.8 Å². The molecule has 14 heteroatoms. The number of halogens is 5. The molecule has 0 spiro atoms. The van der Waals surface area contributed by atoms with Crippen LogP contribution in [0.25, 0.3) is 6.08 Å². The molecule has 0 fully saturated rings. The van der Waals surface area contributed by atoms with E-state index in [1.54, 1.807) is 43.3 Å². The lowest BCUT2D eigenvalue weighted by molar-refractivity contribution is -0.140. The Morgan fingerprint density at radius 1 is 1.11 bits per heavy atom. The first-order chi connectivity index (χ1) is 22.4. The summed E-state index contributed by atoms with van der Waals surface area (Å²) in [5, 5.41) is 9.36. The van der Waals surface area contributed by atoms with Crippen molar-refractivity contribution in [3.05, 3.63) is 122 Å². The molecular formula is C33H24ClF3IN3O5S. The summed E-state index contributed by atoms with van der Waals surface area (Å²) >= 11 is 8.88. The van der Waals surface area contributed by atoms with Gasteiger partial charge in [-0.05, 0) is 95.6 Å². The number of aromatic nitrogens is 1. The van der Waals surface area contributed by atoms with E-state index in [2.05, 4.69) is 33.7 Å². The zero-order valence-corrected chi connectivity index (χ0v) is 28.5. The standard InChI is InChI=1S/C33H24ClF3IN3O5S/c1-3-44-24-14-20(13-23(38)28(24)46-17-19-7-5-18(16-39)6-8-19)15-25-30(42)41-27(21-9-11-22(34)12-10-21)26(31(43)45-4-2)29(33(35,36)37)40-32(41)47-25/h5-15,27H,3-4,17H2,1-2H3/b25-15-/t27-/m1/s1. The van der Waals surface area contributed by atoms with Gasteiger partial charge in [0, 0.05) is 5.02 Å². The number of fused-ring (bicyclic) bond motifs is 1. The van der Waals surface area contributed by atoms with E-state index >= 15 is 0 Å². The first-order valence-electron chi connectivity index (χ1n) is 14.1. The predicted octanol–water partition coefficient (Wildman–Crippen LogP) is 6.45. The first-order valence-corrected chi connectivity index (χ1v) is 16.4. The number of ether oxygens (including phenoxy) is 3. The number of hydrogen-bond donors (Lipinski definition) is 0. The van der Waals surface area contributed by atoms with E-state index in [-0.39, 0.29) is 28.1 Å². The molecule has 1 aliphatic heterocycles. The molecular weight excluding hydrogens is 770 g/mol. The minimum absolute atomic E-state index is 0.0823. The third-order valence-corrected chi connectivity index (χ3v) is 8.91. The number of carbonyl (C=O) groups is 1. The average Bonchev–Trinajstić information content (AvgIpc) is 3.34. The Balaban J connectivity index is 1.63. The van der Waals surface area contributed by atoms with Crippen LogP contribution in [-0.2, 0) is 16.1 Å². The summed E-state index contributed by atoms with van der Waals surface area (Å²) in [6.07, 6.45) is -3.49. The molecule has 2 heterocycles. The number of rotatable bonds is 9. The molecule has 4 aromatic rings. The summed E-state index contributed by atoms with van der Waals surface area (Å²) in [5.74, 6) is -0.368. The van der Waals surface area contributed by atoms with Gasteiger partial charge in [0.2, 0.25) is 0 Å². The van der Waals surface area contributed by atoms with Crippen molar-refractivity contribution in [2.45, 2.75) is 32.7 Å². The molecule has 1 atom stereocenters. The summed E-state index contributed by atoms with van der Waals surface area (Å²) in [4.78, 5) is 30.5. The number of nitrogens with zero attached hydrogens (tertiary/aromatic N) is 3. The highest BCUT2D eigenvalue weighted by Gasteiger charge is 2.45. The third-order valence-electron chi connectivity index (χ3n) is 6.88. The number of hydrogen-bond acceptors (Lipinski definition) is 8. The molecule has 5 rings (SSSR count). The second-order valence-electron chi connectivity index (χ2n) is 9.98. The number of nitriles is 1. The number of alkyl halides is 3. The fourth-order valence-electron chi connectivity index (χ4n) is 4.86. The molecule has 1 aliphatic rings. The van der Waals surface area contributed by atoms with Gasteiger partial charge in [-0.3, -0.25) is 9.36 Å². The summed E-state index contributed by atoms with van der Waals surface area (Å²) in [6.45, 7) is 3.61. The van der Waals surface area contributed by atoms with Gasteiger partial charge in [0.15, 0.2) is 22.0 Å². The van der Waals surface area contributed by atoms with Crippen LogP contribution in [0, 0.1) is 14.9 Å². The van der Waals surface area contributed by atoms with Crippen molar-refractivity contribution in [3.8, 4) is 17.6 Å². The van der Waals surface area contributed by atoms with E-state index < -0.39 is 35.0 Å². The van der Waals surface area contributed by atoms with E-state index in [4.69, 9.17) is 31.1 Å². The highest BCUT2D eigenvalue weighted by atomic mass is 127. The Morgan fingerprint density at radius 3 is 2.43 bits per heavy atom. The van der Waals surface area contributed by atoms with Gasteiger partial charge < -0.3 is 14.2 Å². The van der Waals surface area contributed by atoms with Crippen LogP contribution in [0.2, 0.25) is 5.02 Å². The SMILES string of the molecule is CCOC(=O)C1=C(C(F)(F)F)N=c2s/c(=C\c3cc(I)c(OCc4ccc(C#N)cc4)c(OCC)c3)c(=O)n2[C@@H]1c1ccc(Cl)cc1. The highest BCUT2D eigenvalue weighted by Crippen LogP contribution is 2.39. The first kappa shape index (κ1) is 34.2. The van der Waals surface area contributed by atoms with Gasteiger partial charge in [-0.1, -0.05) is 47.2 Å². The molecule has 47 heavy (non-hydrogen) atoms. The van der Waals surface area contributed by atoms with Crippen LogP contribution in [0.3, 0.4) is 0 Å². The predicted molar refractivity (Wildman–Crippen MR) is 178 cm³/mol. The van der Waals surface area contributed by atoms with Gasteiger partial charge in [0.25, 0.3) is 5.56 Å². The Kier molecular flexibility index (Phi) is 10.4. The zero-order chi connectivity index (χ0) is 33.9. The number of thiazole rings is 1. The molecule has 0 amide bonds. The van der Waals surface area contributed by atoms with Crippen molar-refractivity contribution < 1.29 is 32.2 Å². The Morgan fingerprint density at radius 2 is 1.81 bits per heavy atom. The minimum Gasteiger partial charge on any atom is -0.490 e. The maximum absolute atomic E-state index is 14.4. The summed E-state index contributed by atoms with van der Waals surface area (Å²) in [7, 11) is 0. The van der Waals surface area contributed by atoms with Crippen molar-refractivity contribution in [2.75, 3.05) is 13.2 Å². The Hall–Kier alpha value is -4.13. The molecule has 8 nitrogen and oxygen atoms in total. The second-order valence-corrected chi connectivity index (χ2v) is 12.6. The average molecular weight is 794 g/mol. The largest absolute Gasteiger partial charge is 0.490 e. The van der Waals surface area contributed by atoms with Crippen LogP contribution < -0.4 is 24.4 Å². The Labute approximate surface area is 289 Å². The molecule has 3 aromatic carbocycles. The van der Waals surface area contributed by atoms with Crippen molar-refractivity contribution in [2.24, 2.45) is 4.99 Å². The second kappa shape index (κ2) is 14.3. The molecule has 0 saturated heterocycles. The summed E-state index contributed by atoms with van der Waals surface area (Å²) in [5.41, 5.74) is -0.761. The lowest BCUT2D eigenvalue weighted by atomic mass is 9.95. The maximum Gasteiger partial charge on any atom is 0.434 e. The van der Waals surface area contributed by atoms with Crippen molar-refractivity contribution in [1.82, 2.24) is 4.57 Å². The summed E-state index contributed by atoms with van der Waals surface area (Å²) in [6, 6.07) is 16.8. The molecule has 242 valence electrons. The van der Waals surface area contributed by atoms with Gasteiger partial charge >= 0.3 is 12.1 Å². The summed E-state index contributed by atoms with van der Waals surface area (Å²) < 4.78 is 61.9. The third kappa shape index (κ3) is 7.39. The number of carbonyl (C=O) groups excluding carboxylic acids is 1. The van der Waals surface area contributed by atoms with Crippen LogP contribution in [0.1, 0.15) is 42.1 Å². The molecule has 0 saturated carbocycles. The smallest absolute Gasteiger partial charge is 0.434 e. The van der Waals surface area contributed by atoms with Crippen molar-refractivity contribution in [3.63, 3.8) is 0 Å². The lowest BCUT2D eigenvalue weighted by Crippen LogP contribution is -2.41. The van der Waals surface area contributed by atoms with E-state index in [0.29, 0.717) is 37.8 Å². The quantitative estimate of drug-likeness (QED) is 0.143. The van der Waals surface area contributed by atoms with Gasteiger partial charge in [-0.25, -0.2) is 9.79 Å². The minimum atomic E-state index is -5.02. The molecule has 1 aromatic heterocycles. The Bertz CT molecular complexity index is 2090. The molecule has 0 bridgehead atoms. The van der Waals surface area contributed by atoms with Crippen LogP contribution in [0.15, 0.2) is 81.7 Å². The monoisotopic (exact) mass is 793 g/mol. The normalized spacial score (nSPS) is 14.7. The van der Waals surface area contributed by atoms with Gasteiger partial charge in [-0.2, -0.15) is 18.4 Å². The lowest BCUT2D eigenvalue weighted by Gasteiger charge is -2.26. The van der Waals surface area contributed by atoms with Crippen LogP contribution >= 0.6 is 45.5 Å². The molecule has 0 unspecified atom stereocenters. The maximum atomic E-state index is 14.4. The van der Waals surface area contributed by atoms with Crippen molar-refractivity contribution >= 4 is 57.6 Å². The van der Waals surface area contributed by atoms with Gasteiger partial charge in [0.05, 0.1) is 44.6 Å². The van der Waals surface area contributed by atoms with E-state index in [1.807, 2.05) is 0 Å². The molecule has 0 radical (unpaired) electrons. The van der Waals surface area contributed by atoms with Crippen LogP contribution in [0.5, 0.6) is 11.5 Å². The number of allylic oxidation sites excluding steroid dienone is 1. The van der Waals surface area contributed by atoms with E-state index in [1.165, 1.54) is 37.3 Å². The fraction of sp³-hybridized carbons (Fsp3) is 0.212. The fourth-order valence-corrected chi connectivity index (χ4v) is 6.77. The van der Waals surface area contributed by atoms with Crippen molar-refractivity contribution in [1.29, 1.82) is 5.26 Å². The topological polar surface area (TPSA) is 103 Å². The van der Waals surface area contributed by atoms with Crippen LogP contribution in [-0.4, -0.2) is 29.9 Å². The molecule has 0 N–H and O–H groups in total. The van der Waals surface area contributed by atoms with Gasteiger partial charge in [0.1, 0.15) is 6.61 Å². The highest BCUT2D eigenvalue weighted by molar-refractivity contribution is 14.1. The van der Waals surface area contributed by atoms with Crippen LogP contribution in [0.4, 0.5) is 13.2 Å². The number of benzene rings is 3. The number of esters is 1. The van der Waals surface area contributed by atoms with E-state index in [0.717, 1.165) is 21.5 Å². The molecule has 0 aliphatic carbocycles.